The number of benzene rings is 3. The Balaban J connectivity index is 2.04. The molecule has 7 heteroatoms. The summed E-state index contributed by atoms with van der Waals surface area (Å²) in [6.07, 6.45) is -0.293. The molecule has 0 bridgehead atoms. The van der Waals surface area contributed by atoms with Crippen molar-refractivity contribution in [3.63, 3.8) is 0 Å². The van der Waals surface area contributed by atoms with Gasteiger partial charge in [-0.2, -0.15) is 0 Å². The SMILES string of the molecule is CC(C)Oc1cc(-c2cccc(-c3ccc(CC(N)=O)c(F)c3)c2O)ccc1CC(N)=O. The van der Waals surface area contributed by atoms with Gasteiger partial charge in [-0.05, 0) is 42.7 Å². The lowest BCUT2D eigenvalue weighted by Crippen LogP contribution is -2.15. The molecule has 166 valence electrons. The van der Waals surface area contributed by atoms with E-state index in [4.69, 9.17) is 16.2 Å². The third kappa shape index (κ3) is 5.24. The second-order valence-electron chi connectivity index (χ2n) is 7.78. The molecule has 0 aliphatic carbocycles. The van der Waals surface area contributed by atoms with Crippen LogP contribution in [0, 0.1) is 5.82 Å². The zero-order valence-corrected chi connectivity index (χ0v) is 17.9. The van der Waals surface area contributed by atoms with E-state index in [0.717, 1.165) is 0 Å². The van der Waals surface area contributed by atoms with Gasteiger partial charge in [-0.1, -0.05) is 42.5 Å². The summed E-state index contributed by atoms with van der Waals surface area (Å²) in [6, 6.07) is 14.8. The van der Waals surface area contributed by atoms with Gasteiger partial charge in [-0.15, -0.1) is 0 Å². The summed E-state index contributed by atoms with van der Waals surface area (Å²) in [5, 5.41) is 11.0. The number of primary amides is 2. The molecule has 2 amide bonds. The van der Waals surface area contributed by atoms with Crippen molar-refractivity contribution >= 4 is 11.8 Å². The topological polar surface area (TPSA) is 116 Å². The summed E-state index contributed by atoms with van der Waals surface area (Å²) < 4.78 is 20.3. The quantitative estimate of drug-likeness (QED) is 0.499. The Kier molecular flexibility index (Phi) is 6.78. The normalized spacial score (nSPS) is 10.9. The van der Waals surface area contributed by atoms with Gasteiger partial charge in [-0.3, -0.25) is 9.59 Å². The van der Waals surface area contributed by atoms with Gasteiger partial charge in [0.05, 0.1) is 18.9 Å². The Morgan fingerprint density at radius 2 is 1.44 bits per heavy atom. The van der Waals surface area contributed by atoms with Crippen LogP contribution in [0.4, 0.5) is 4.39 Å². The minimum Gasteiger partial charge on any atom is -0.507 e. The van der Waals surface area contributed by atoms with Gasteiger partial charge in [0.25, 0.3) is 0 Å². The van der Waals surface area contributed by atoms with E-state index >= 15 is 0 Å². The van der Waals surface area contributed by atoms with Crippen LogP contribution in [0.25, 0.3) is 22.3 Å². The van der Waals surface area contributed by atoms with Gasteiger partial charge in [0.1, 0.15) is 17.3 Å². The molecule has 0 radical (unpaired) electrons. The molecule has 0 heterocycles. The van der Waals surface area contributed by atoms with E-state index < -0.39 is 17.6 Å². The molecule has 3 aromatic carbocycles. The monoisotopic (exact) mass is 436 g/mol. The van der Waals surface area contributed by atoms with Crippen LogP contribution in [0.15, 0.2) is 54.6 Å². The van der Waals surface area contributed by atoms with E-state index in [1.54, 1.807) is 42.5 Å². The minimum absolute atomic E-state index is 0.0330. The number of carbonyl (C=O) groups excluding carboxylic acids is 2. The Morgan fingerprint density at radius 3 is 1.97 bits per heavy atom. The summed E-state index contributed by atoms with van der Waals surface area (Å²) in [6.45, 7) is 3.74. The van der Waals surface area contributed by atoms with Crippen molar-refractivity contribution in [2.75, 3.05) is 0 Å². The molecule has 0 aromatic heterocycles. The van der Waals surface area contributed by atoms with Crippen molar-refractivity contribution in [2.24, 2.45) is 11.5 Å². The number of rotatable bonds is 8. The molecule has 0 saturated heterocycles. The molecule has 0 unspecified atom stereocenters. The van der Waals surface area contributed by atoms with Crippen LogP contribution in [0.3, 0.4) is 0 Å². The molecular weight excluding hydrogens is 411 g/mol. The molecule has 6 nitrogen and oxygen atoms in total. The van der Waals surface area contributed by atoms with Gasteiger partial charge < -0.3 is 21.3 Å². The largest absolute Gasteiger partial charge is 0.507 e. The van der Waals surface area contributed by atoms with E-state index in [-0.39, 0.29) is 30.3 Å². The molecule has 3 rings (SSSR count). The number of halogens is 1. The van der Waals surface area contributed by atoms with Crippen LogP contribution >= 0.6 is 0 Å². The lowest BCUT2D eigenvalue weighted by molar-refractivity contribution is -0.118. The molecule has 0 atom stereocenters. The fourth-order valence-corrected chi connectivity index (χ4v) is 3.47. The van der Waals surface area contributed by atoms with Crippen LogP contribution in [0.2, 0.25) is 0 Å². The minimum atomic E-state index is -0.624. The molecule has 0 spiro atoms. The van der Waals surface area contributed by atoms with E-state index in [1.807, 2.05) is 13.8 Å². The zero-order chi connectivity index (χ0) is 23.4. The fraction of sp³-hybridized carbons (Fsp3) is 0.200. The van der Waals surface area contributed by atoms with Crippen molar-refractivity contribution in [3.8, 4) is 33.8 Å². The highest BCUT2D eigenvalue weighted by atomic mass is 19.1. The Hall–Kier alpha value is -3.87. The number of phenolic OH excluding ortho intramolecular Hbond substituents is 1. The first-order valence-corrected chi connectivity index (χ1v) is 10.1. The van der Waals surface area contributed by atoms with Crippen molar-refractivity contribution in [2.45, 2.75) is 32.8 Å². The number of ether oxygens (including phenoxy) is 1. The highest BCUT2D eigenvalue weighted by molar-refractivity contribution is 5.84. The lowest BCUT2D eigenvalue weighted by Gasteiger charge is -2.16. The molecule has 0 fully saturated rings. The molecular formula is C25H25FN2O4. The van der Waals surface area contributed by atoms with Gasteiger partial charge in [0.2, 0.25) is 11.8 Å². The van der Waals surface area contributed by atoms with Crippen molar-refractivity contribution in [1.29, 1.82) is 0 Å². The number of nitrogens with two attached hydrogens (primary N) is 2. The standard InChI is InChI=1S/C25H25FN2O4/c1-14(2)32-22-11-16(7-9-18(22)13-24(28)30)20-5-3-4-19(25(20)31)15-6-8-17(12-23(27)29)21(26)10-15/h3-11,14,31H,12-13H2,1-2H3,(H2,27,29)(H2,28,30). The Labute approximate surface area is 185 Å². The third-order valence-electron chi connectivity index (χ3n) is 4.87. The number of hydrogen-bond donors (Lipinski definition) is 3. The number of amides is 2. The van der Waals surface area contributed by atoms with Gasteiger partial charge in [0, 0.05) is 16.7 Å². The Morgan fingerprint density at radius 1 is 0.906 bits per heavy atom. The van der Waals surface area contributed by atoms with Gasteiger partial charge >= 0.3 is 0 Å². The third-order valence-corrected chi connectivity index (χ3v) is 4.87. The highest BCUT2D eigenvalue weighted by Gasteiger charge is 2.16. The summed E-state index contributed by atoms with van der Waals surface area (Å²) in [5.74, 6) is -1.20. The predicted octanol–water partition coefficient (Wildman–Crippen LogP) is 3.71. The maximum absolute atomic E-state index is 14.4. The lowest BCUT2D eigenvalue weighted by atomic mass is 9.95. The predicted molar refractivity (Wildman–Crippen MR) is 120 cm³/mol. The zero-order valence-electron chi connectivity index (χ0n) is 17.9. The average molecular weight is 436 g/mol. The van der Waals surface area contributed by atoms with Crippen molar-refractivity contribution in [3.05, 3.63) is 71.5 Å². The van der Waals surface area contributed by atoms with Crippen LogP contribution in [0.1, 0.15) is 25.0 Å². The molecule has 0 aliphatic heterocycles. The van der Waals surface area contributed by atoms with Crippen LogP contribution in [-0.4, -0.2) is 23.0 Å². The van der Waals surface area contributed by atoms with Crippen molar-refractivity contribution < 1.29 is 23.8 Å². The maximum atomic E-state index is 14.4. The summed E-state index contributed by atoms with van der Waals surface area (Å²) in [5.41, 5.74) is 13.4. The molecule has 5 N–H and O–H groups in total. The number of para-hydroxylation sites is 1. The first-order valence-electron chi connectivity index (χ1n) is 10.1. The second kappa shape index (κ2) is 9.51. The first-order chi connectivity index (χ1) is 15.2. The summed E-state index contributed by atoms with van der Waals surface area (Å²) in [4.78, 5) is 22.5. The maximum Gasteiger partial charge on any atom is 0.221 e. The summed E-state index contributed by atoms with van der Waals surface area (Å²) in [7, 11) is 0. The number of carbonyl (C=O) groups is 2. The molecule has 0 aliphatic rings. The fourth-order valence-electron chi connectivity index (χ4n) is 3.47. The first kappa shape index (κ1) is 22.8. The number of hydrogen-bond acceptors (Lipinski definition) is 4. The second-order valence-corrected chi connectivity index (χ2v) is 7.78. The molecule has 3 aromatic rings. The Bertz CT molecular complexity index is 1170. The van der Waals surface area contributed by atoms with Gasteiger partial charge in [-0.25, -0.2) is 4.39 Å². The molecule has 32 heavy (non-hydrogen) atoms. The number of aromatic hydroxyl groups is 1. The average Bonchev–Trinajstić information content (AvgIpc) is 2.70. The molecule has 0 saturated carbocycles. The van der Waals surface area contributed by atoms with Crippen LogP contribution in [0.5, 0.6) is 11.5 Å². The van der Waals surface area contributed by atoms with Crippen LogP contribution in [-0.2, 0) is 22.4 Å². The van der Waals surface area contributed by atoms with E-state index in [9.17, 15) is 19.1 Å². The van der Waals surface area contributed by atoms with E-state index in [1.165, 1.54) is 12.1 Å². The highest BCUT2D eigenvalue weighted by Crippen LogP contribution is 2.40. The van der Waals surface area contributed by atoms with Gasteiger partial charge in [0.15, 0.2) is 0 Å². The van der Waals surface area contributed by atoms with E-state index in [2.05, 4.69) is 0 Å². The number of phenols is 1. The summed E-state index contributed by atoms with van der Waals surface area (Å²) >= 11 is 0. The smallest absolute Gasteiger partial charge is 0.221 e. The van der Waals surface area contributed by atoms with Crippen LogP contribution < -0.4 is 16.2 Å². The van der Waals surface area contributed by atoms with Crippen molar-refractivity contribution in [1.82, 2.24) is 0 Å². The van der Waals surface area contributed by atoms with E-state index in [0.29, 0.717) is 33.6 Å².